The Morgan fingerprint density at radius 2 is 1.78 bits per heavy atom. The molecule has 2 rings (SSSR count). The van der Waals surface area contributed by atoms with Gasteiger partial charge in [-0.1, -0.05) is 24.3 Å². The molecule has 0 bridgehead atoms. The standard InChI is InChI=1S/C19H21N3O4S/c1-4-11-20-19(24)15-7-5-6-8-16(15)21-18(23)14-10-9-13(2)17(12-14)22-27(3,25)26/h4-10,12,22H,1,11H2,2-3H3,(H,20,24)(H,21,23). The maximum absolute atomic E-state index is 12.6. The lowest BCUT2D eigenvalue weighted by atomic mass is 10.1. The summed E-state index contributed by atoms with van der Waals surface area (Å²) in [5, 5.41) is 5.35. The molecule has 142 valence electrons. The lowest BCUT2D eigenvalue weighted by Gasteiger charge is -2.13. The van der Waals surface area contributed by atoms with Crippen molar-refractivity contribution in [2.75, 3.05) is 22.8 Å². The fraction of sp³-hybridized carbons (Fsp3) is 0.158. The van der Waals surface area contributed by atoms with Crippen LogP contribution in [0.5, 0.6) is 0 Å². The predicted molar refractivity (Wildman–Crippen MR) is 107 cm³/mol. The van der Waals surface area contributed by atoms with Crippen molar-refractivity contribution >= 4 is 33.2 Å². The number of amides is 2. The molecule has 3 N–H and O–H groups in total. The second kappa shape index (κ2) is 8.50. The molecule has 0 fully saturated rings. The van der Waals surface area contributed by atoms with Gasteiger partial charge in [-0.15, -0.1) is 6.58 Å². The first kappa shape index (κ1) is 20.2. The maximum atomic E-state index is 12.6. The summed E-state index contributed by atoms with van der Waals surface area (Å²) in [6.07, 6.45) is 2.60. The summed E-state index contributed by atoms with van der Waals surface area (Å²) >= 11 is 0. The maximum Gasteiger partial charge on any atom is 0.255 e. The third-order valence-electron chi connectivity index (χ3n) is 3.62. The van der Waals surface area contributed by atoms with Crippen molar-refractivity contribution in [3.8, 4) is 0 Å². The van der Waals surface area contributed by atoms with Gasteiger partial charge in [0.15, 0.2) is 0 Å². The molecule has 0 saturated carbocycles. The Kier molecular flexibility index (Phi) is 6.36. The second-order valence-corrected chi connectivity index (χ2v) is 7.65. The molecule has 0 aliphatic heterocycles. The Hall–Kier alpha value is -3.13. The second-order valence-electron chi connectivity index (χ2n) is 5.90. The average Bonchev–Trinajstić information content (AvgIpc) is 2.60. The molecule has 0 spiro atoms. The van der Waals surface area contributed by atoms with E-state index in [-0.39, 0.29) is 11.5 Å². The fourth-order valence-corrected chi connectivity index (χ4v) is 2.94. The van der Waals surface area contributed by atoms with Crippen LogP contribution < -0.4 is 15.4 Å². The molecule has 0 aliphatic rings. The van der Waals surface area contributed by atoms with Gasteiger partial charge in [0, 0.05) is 12.1 Å². The van der Waals surface area contributed by atoms with Gasteiger partial charge in [-0.3, -0.25) is 14.3 Å². The summed E-state index contributed by atoms with van der Waals surface area (Å²) in [7, 11) is -3.47. The van der Waals surface area contributed by atoms with Crippen LogP contribution in [0.25, 0.3) is 0 Å². The lowest BCUT2D eigenvalue weighted by Crippen LogP contribution is -2.25. The normalized spacial score (nSPS) is 10.7. The van der Waals surface area contributed by atoms with E-state index in [1.807, 2.05) is 0 Å². The number of carbonyl (C=O) groups excluding carboxylic acids is 2. The topological polar surface area (TPSA) is 104 Å². The third kappa shape index (κ3) is 5.68. The van der Waals surface area contributed by atoms with Crippen molar-refractivity contribution in [3.05, 3.63) is 71.8 Å². The molecule has 0 heterocycles. The molecule has 0 unspecified atom stereocenters. The van der Waals surface area contributed by atoms with Crippen molar-refractivity contribution in [1.29, 1.82) is 0 Å². The fourth-order valence-electron chi connectivity index (χ4n) is 2.32. The lowest BCUT2D eigenvalue weighted by molar-refractivity contribution is 0.0959. The Morgan fingerprint density at radius 3 is 2.44 bits per heavy atom. The number of hydrogen-bond donors (Lipinski definition) is 3. The molecule has 0 aromatic heterocycles. The Labute approximate surface area is 158 Å². The van der Waals surface area contributed by atoms with Crippen LogP contribution in [0.1, 0.15) is 26.3 Å². The van der Waals surface area contributed by atoms with Crippen LogP contribution in [-0.2, 0) is 10.0 Å². The first-order chi connectivity index (χ1) is 12.7. The van der Waals surface area contributed by atoms with Crippen LogP contribution in [-0.4, -0.2) is 33.0 Å². The highest BCUT2D eigenvalue weighted by atomic mass is 32.2. The summed E-state index contributed by atoms with van der Waals surface area (Å²) in [6.45, 7) is 5.58. The van der Waals surface area contributed by atoms with E-state index >= 15 is 0 Å². The zero-order valence-electron chi connectivity index (χ0n) is 15.1. The van der Waals surface area contributed by atoms with Crippen LogP contribution in [0, 0.1) is 6.92 Å². The largest absolute Gasteiger partial charge is 0.349 e. The van der Waals surface area contributed by atoms with E-state index in [2.05, 4.69) is 21.9 Å². The van der Waals surface area contributed by atoms with Gasteiger partial charge in [-0.05, 0) is 36.8 Å². The number of hydrogen-bond acceptors (Lipinski definition) is 4. The molecule has 2 aromatic rings. The summed E-state index contributed by atoms with van der Waals surface area (Å²) in [6, 6.07) is 11.3. The number of carbonyl (C=O) groups is 2. The molecule has 7 nitrogen and oxygen atoms in total. The van der Waals surface area contributed by atoms with Gasteiger partial charge in [-0.2, -0.15) is 0 Å². The molecular formula is C19H21N3O4S. The van der Waals surface area contributed by atoms with Crippen molar-refractivity contribution < 1.29 is 18.0 Å². The molecule has 8 heteroatoms. The van der Waals surface area contributed by atoms with Gasteiger partial charge in [0.25, 0.3) is 11.8 Å². The van der Waals surface area contributed by atoms with E-state index in [0.717, 1.165) is 6.26 Å². The van der Waals surface area contributed by atoms with Crippen LogP contribution in [0.15, 0.2) is 55.1 Å². The highest BCUT2D eigenvalue weighted by Crippen LogP contribution is 2.20. The predicted octanol–water partition coefficient (Wildman–Crippen LogP) is 2.53. The van der Waals surface area contributed by atoms with Gasteiger partial charge in [0.05, 0.1) is 23.2 Å². The zero-order valence-corrected chi connectivity index (χ0v) is 15.9. The van der Waals surface area contributed by atoms with Gasteiger partial charge >= 0.3 is 0 Å². The number of nitrogens with one attached hydrogen (secondary N) is 3. The van der Waals surface area contributed by atoms with E-state index in [9.17, 15) is 18.0 Å². The van der Waals surface area contributed by atoms with Crippen molar-refractivity contribution in [3.63, 3.8) is 0 Å². The van der Waals surface area contributed by atoms with Crippen molar-refractivity contribution in [1.82, 2.24) is 5.32 Å². The van der Waals surface area contributed by atoms with E-state index in [4.69, 9.17) is 0 Å². The minimum absolute atomic E-state index is 0.257. The molecule has 27 heavy (non-hydrogen) atoms. The average molecular weight is 387 g/mol. The van der Waals surface area contributed by atoms with Crippen LogP contribution >= 0.6 is 0 Å². The highest BCUT2D eigenvalue weighted by Gasteiger charge is 2.15. The van der Waals surface area contributed by atoms with E-state index in [1.54, 1.807) is 49.4 Å². The Morgan fingerprint density at radius 1 is 1.07 bits per heavy atom. The van der Waals surface area contributed by atoms with Gasteiger partial charge in [0.1, 0.15) is 0 Å². The minimum Gasteiger partial charge on any atom is -0.349 e. The van der Waals surface area contributed by atoms with Crippen molar-refractivity contribution in [2.45, 2.75) is 6.92 Å². The molecule has 0 radical (unpaired) electrons. The molecule has 2 aromatic carbocycles. The number of sulfonamides is 1. The summed E-state index contributed by atoms with van der Waals surface area (Å²) in [5.41, 5.74) is 1.92. The smallest absolute Gasteiger partial charge is 0.255 e. The summed E-state index contributed by atoms with van der Waals surface area (Å²) in [5.74, 6) is -0.801. The molecule has 0 aliphatic carbocycles. The number of aryl methyl sites for hydroxylation is 1. The van der Waals surface area contributed by atoms with Gasteiger partial charge in [-0.25, -0.2) is 8.42 Å². The van der Waals surface area contributed by atoms with E-state index < -0.39 is 15.9 Å². The Bertz CT molecular complexity index is 984. The van der Waals surface area contributed by atoms with Crippen LogP contribution in [0.2, 0.25) is 0 Å². The zero-order chi connectivity index (χ0) is 20.0. The number of rotatable bonds is 7. The monoisotopic (exact) mass is 387 g/mol. The molecule has 0 atom stereocenters. The Balaban J connectivity index is 2.27. The van der Waals surface area contributed by atoms with Gasteiger partial charge < -0.3 is 10.6 Å². The molecule has 2 amide bonds. The first-order valence-electron chi connectivity index (χ1n) is 8.09. The van der Waals surface area contributed by atoms with Crippen LogP contribution in [0.3, 0.4) is 0 Å². The quantitative estimate of drug-likeness (QED) is 0.635. The third-order valence-corrected chi connectivity index (χ3v) is 4.21. The number of benzene rings is 2. The van der Waals surface area contributed by atoms with Gasteiger partial charge in [0.2, 0.25) is 10.0 Å². The SMILES string of the molecule is C=CCNC(=O)c1ccccc1NC(=O)c1ccc(C)c(NS(C)(=O)=O)c1. The van der Waals surface area contributed by atoms with E-state index in [1.165, 1.54) is 6.07 Å². The molecular weight excluding hydrogens is 366 g/mol. The summed E-state index contributed by atoms with van der Waals surface area (Å²) in [4.78, 5) is 24.8. The van der Waals surface area contributed by atoms with Crippen molar-refractivity contribution in [2.24, 2.45) is 0 Å². The van der Waals surface area contributed by atoms with E-state index in [0.29, 0.717) is 29.0 Å². The first-order valence-corrected chi connectivity index (χ1v) is 9.98. The highest BCUT2D eigenvalue weighted by molar-refractivity contribution is 7.92. The number of anilines is 2. The number of para-hydroxylation sites is 1. The molecule has 0 saturated heterocycles. The van der Waals surface area contributed by atoms with Crippen LogP contribution in [0.4, 0.5) is 11.4 Å². The minimum atomic E-state index is -3.47. The summed E-state index contributed by atoms with van der Waals surface area (Å²) < 4.78 is 25.3.